The average Bonchev–Trinajstić information content (AvgIpc) is 3.15. The van der Waals surface area contributed by atoms with Crippen molar-refractivity contribution in [2.24, 2.45) is 10.4 Å². The van der Waals surface area contributed by atoms with Crippen LogP contribution < -0.4 is 10.2 Å². The Labute approximate surface area is 186 Å². The van der Waals surface area contributed by atoms with Crippen molar-refractivity contribution in [2.75, 3.05) is 64.3 Å². The van der Waals surface area contributed by atoms with Crippen LogP contribution >= 0.6 is 24.0 Å². The fourth-order valence-electron chi connectivity index (χ4n) is 4.66. The number of nitrogens with one attached hydrogen (secondary N) is 1. The number of hydrogen-bond acceptors (Lipinski definition) is 5. The lowest BCUT2D eigenvalue weighted by atomic mass is 9.68. The van der Waals surface area contributed by atoms with Crippen molar-refractivity contribution in [3.8, 4) is 0 Å². The van der Waals surface area contributed by atoms with Crippen LogP contribution in [0.15, 0.2) is 23.5 Å². The first-order valence-corrected chi connectivity index (χ1v) is 10.5. The van der Waals surface area contributed by atoms with E-state index >= 15 is 0 Å². The van der Waals surface area contributed by atoms with Gasteiger partial charge in [-0.05, 0) is 43.7 Å². The van der Waals surface area contributed by atoms with Crippen molar-refractivity contribution in [1.29, 1.82) is 0 Å². The average molecular weight is 499 g/mol. The van der Waals surface area contributed by atoms with Crippen molar-refractivity contribution in [1.82, 2.24) is 25.1 Å². The molecule has 1 aliphatic carbocycles. The molecule has 7 nitrogen and oxygen atoms in total. The zero-order valence-corrected chi connectivity index (χ0v) is 19.3. The third-order valence-electron chi connectivity index (χ3n) is 6.51. The Bertz CT molecular complexity index is 627. The van der Waals surface area contributed by atoms with E-state index in [1.807, 2.05) is 25.5 Å². The Hall–Kier alpha value is -1.16. The number of nitrogens with zero attached hydrogens (tertiary/aromatic N) is 6. The number of anilines is 1. The molecule has 0 radical (unpaired) electrons. The summed E-state index contributed by atoms with van der Waals surface area (Å²) < 4.78 is 0. The highest BCUT2D eigenvalue weighted by atomic mass is 127. The maximum absolute atomic E-state index is 4.52. The molecule has 8 heteroatoms. The second-order valence-corrected chi connectivity index (χ2v) is 8.23. The number of likely N-dealkylation sites (tertiary alicyclic amines) is 1. The molecule has 1 spiro atoms. The number of rotatable bonds is 5. The van der Waals surface area contributed by atoms with Crippen LogP contribution in [0.3, 0.4) is 0 Å². The van der Waals surface area contributed by atoms with Gasteiger partial charge in [0.05, 0.1) is 0 Å². The van der Waals surface area contributed by atoms with Gasteiger partial charge in [-0.15, -0.1) is 24.0 Å². The highest BCUT2D eigenvalue weighted by Crippen LogP contribution is 2.47. The van der Waals surface area contributed by atoms with Gasteiger partial charge < -0.3 is 15.1 Å². The maximum atomic E-state index is 4.52. The number of aromatic nitrogens is 2. The highest BCUT2D eigenvalue weighted by Gasteiger charge is 2.43. The third kappa shape index (κ3) is 5.06. The summed E-state index contributed by atoms with van der Waals surface area (Å²) in [6, 6.07) is 1.87. The minimum atomic E-state index is 0. The second-order valence-electron chi connectivity index (χ2n) is 8.23. The van der Waals surface area contributed by atoms with Crippen LogP contribution in [0, 0.1) is 5.41 Å². The van der Waals surface area contributed by atoms with Crippen molar-refractivity contribution in [3.05, 3.63) is 18.5 Å². The minimum absolute atomic E-state index is 0. The van der Waals surface area contributed by atoms with Gasteiger partial charge in [-0.3, -0.25) is 9.89 Å². The standard InChI is InChI=1S/C20H33N7.HI/c1-21-18(27-12-7-20(17-27)5-2-6-20)22-10-4-11-25-13-15-26(16-14-25)19-23-8-3-9-24-19;/h3,8-9H,2,4-7,10-17H2,1H3,(H,21,22);1H. The summed E-state index contributed by atoms with van der Waals surface area (Å²) in [5.74, 6) is 1.96. The van der Waals surface area contributed by atoms with Gasteiger partial charge in [-0.25, -0.2) is 9.97 Å². The number of guanidine groups is 1. The topological polar surface area (TPSA) is 59.9 Å². The SMILES string of the molecule is CN=C(NCCCN1CCN(c2ncccn2)CC1)N1CCC2(CCC2)C1.I. The van der Waals surface area contributed by atoms with Crippen molar-refractivity contribution < 1.29 is 0 Å². The monoisotopic (exact) mass is 499 g/mol. The molecular weight excluding hydrogens is 465 g/mol. The molecule has 1 saturated carbocycles. The first-order valence-electron chi connectivity index (χ1n) is 10.5. The molecule has 4 rings (SSSR count). The first-order chi connectivity index (χ1) is 13.3. The van der Waals surface area contributed by atoms with Gasteiger partial charge in [0.25, 0.3) is 0 Å². The van der Waals surface area contributed by atoms with E-state index in [-0.39, 0.29) is 24.0 Å². The van der Waals surface area contributed by atoms with Gasteiger partial charge in [-0.1, -0.05) is 6.42 Å². The predicted octanol–water partition coefficient (Wildman–Crippen LogP) is 2.06. The van der Waals surface area contributed by atoms with Crippen LogP contribution in [0.5, 0.6) is 0 Å². The van der Waals surface area contributed by atoms with Crippen LogP contribution in [0.1, 0.15) is 32.1 Å². The molecule has 2 saturated heterocycles. The summed E-state index contributed by atoms with van der Waals surface area (Å²) in [6.07, 6.45) is 10.4. The zero-order valence-electron chi connectivity index (χ0n) is 17.0. The van der Waals surface area contributed by atoms with Crippen LogP contribution in [-0.4, -0.2) is 85.1 Å². The summed E-state index contributed by atoms with van der Waals surface area (Å²) in [4.78, 5) is 20.5. The molecule has 0 aromatic carbocycles. The number of hydrogen-bond donors (Lipinski definition) is 1. The molecule has 0 bridgehead atoms. The molecule has 3 fully saturated rings. The summed E-state index contributed by atoms with van der Waals surface area (Å²) >= 11 is 0. The summed E-state index contributed by atoms with van der Waals surface area (Å²) in [5, 5.41) is 3.59. The van der Waals surface area contributed by atoms with E-state index in [4.69, 9.17) is 0 Å². The van der Waals surface area contributed by atoms with Gasteiger partial charge >= 0.3 is 0 Å². The fraction of sp³-hybridized carbons (Fsp3) is 0.750. The van der Waals surface area contributed by atoms with Gasteiger partial charge in [0.1, 0.15) is 0 Å². The molecule has 1 aromatic heterocycles. The predicted molar refractivity (Wildman–Crippen MR) is 125 cm³/mol. The number of piperazine rings is 1. The fourth-order valence-corrected chi connectivity index (χ4v) is 4.66. The van der Waals surface area contributed by atoms with Gasteiger partial charge in [0, 0.05) is 65.3 Å². The molecule has 2 aliphatic heterocycles. The van der Waals surface area contributed by atoms with E-state index in [1.54, 1.807) is 0 Å². The molecule has 3 aliphatic rings. The molecule has 156 valence electrons. The highest BCUT2D eigenvalue weighted by molar-refractivity contribution is 14.0. The first kappa shape index (κ1) is 21.5. The largest absolute Gasteiger partial charge is 0.356 e. The maximum Gasteiger partial charge on any atom is 0.225 e. The molecule has 1 aromatic rings. The van der Waals surface area contributed by atoms with Crippen LogP contribution in [0.4, 0.5) is 5.95 Å². The normalized spacial score (nSPS) is 22.1. The smallest absolute Gasteiger partial charge is 0.225 e. The molecule has 0 amide bonds. The van der Waals surface area contributed by atoms with Crippen molar-refractivity contribution in [3.63, 3.8) is 0 Å². The van der Waals surface area contributed by atoms with E-state index in [2.05, 4.69) is 35.0 Å². The molecule has 0 unspecified atom stereocenters. The zero-order chi connectivity index (χ0) is 18.5. The Balaban J connectivity index is 0.00000225. The lowest BCUT2D eigenvalue weighted by molar-refractivity contribution is 0.151. The van der Waals surface area contributed by atoms with E-state index < -0.39 is 0 Å². The Kier molecular flexibility index (Phi) is 7.73. The molecule has 3 heterocycles. The summed E-state index contributed by atoms with van der Waals surface area (Å²) in [5.41, 5.74) is 0.625. The summed E-state index contributed by atoms with van der Waals surface area (Å²) in [6.45, 7) is 8.70. The van der Waals surface area contributed by atoms with Crippen LogP contribution in [0.25, 0.3) is 0 Å². The van der Waals surface area contributed by atoms with E-state index in [9.17, 15) is 0 Å². The van der Waals surface area contributed by atoms with Crippen molar-refractivity contribution >= 4 is 35.9 Å². The number of aliphatic imine (C=N–C) groups is 1. The molecule has 28 heavy (non-hydrogen) atoms. The lowest BCUT2D eigenvalue weighted by Crippen LogP contribution is -2.48. The molecule has 0 atom stereocenters. The quantitative estimate of drug-likeness (QED) is 0.290. The van der Waals surface area contributed by atoms with Crippen LogP contribution in [-0.2, 0) is 0 Å². The van der Waals surface area contributed by atoms with Gasteiger partial charge in [-0.2, -0.15) is 0 Å². The molecule has 1 N–H and O–H groups in total. The van der Waals surface area contributed by atoms with E-state index in [0.717, 1.165) is 57.6 Å². The number of halogens is 1. The molecular formula is C20H34IN7. The lowest BCUT2D eigenvalue weighted by Gasteiger charge is -2.38. The second kappa shape index (κ2) is 10.0. The van der Waals surface area contributed by atoms with Gasteiger partial charge in [0.15, 0.2) is 5.96 Å². The van der Waals surface area contributed by atoms with Crippen LogP contribution in [0.2, 0.25) is 0 Å². The summed E-state index contributed by atoms with van der Waals surface area (Å²) in [7, 11) is 1.92. The van der Waals surface area contributed by atoms with E-state index in [0.29, 0.717) is 5.41 Å². The Morgan fingerprint density at radius 2 is 1.86 bits per heavy atom. The minimum Gasteiger partial charge on any atom is -0.356 e. The van der Waals surface area contributed by atoms with E-state index in [1.165, 1.54) is 38.8 Å². The third-order valence-corrected chi connectivity index (χ3v) is 6.51. The Morgan fingerprint density at radius 1 is 1.11 bits per heavy atom. The van der Waals surface area contributed by atoms with Crippen molar-refractivity contribution in [2.45, 2.75) is 32.1 Å². The Morgan fingerprint density at radius 3 is 2.46 bits per heavy atom. The van der Waals surface area contributed by atoms with Gasteiger partial charge in [0.2, 0.25) is 5.95 Å².